The van der Waals surface area contributed by atoms with E-state index in [1.54, 1.807) is 22.8 Å². The highest BCUT2D eigenvalue weighted by atomic mass is 16.1. The van der Waals surface area contributed by atoms with Crippen LogP contribution in [0.25, 0.3) is 11.3 Å². The third kappa shape index (κ3) is 3.19. The summed E-state index contributed by atoms with van der Waals surface area (Å²) in [5.74, 6) is 0.667. The summed E-state index contributed by atoms with van der Waals surface area (Å²) in [7, 11) is 0. The summed E-state index contributed by atoms with van der Waals surface area (Å²) in [5.41, 5.74) is 3.10. The quantitative estimate of drug-likeness (QED) is 0.746. The number of nitriles is 1. The molecule has 0 aliphatic carbocycles. The van der Waals surface area contributed by atoms with Crippen LogP contribution in [0, 0.1) is 18.3 Å². The summed E-state index contributed by atoms with van der Waals surface area (Å²) >= 11 is 0. The summed E-state index contributed by atoms with van der Waals surface area (Å²) in [6, 6.07) is 20.5. The van der Waals surface area contributed by atoms with Gasteiger partial charge in [-0.05, 0) is 24.6 Å². The van der Waals surface area contributed by atoms with E-state index in [4.69, 9.17) is 5.26 Å². The fourth-order valence-corrected chi connectivity index (χ4v) is 2.44. The molecular weight excluding hydrogens is 286 g/mol. The monoisotopic (exact) mass is 301 g/mol. The van der Waals surface area contributed by atoms with Gasteiger partial charge in [-0.25, -0.2) is 4.98 Å². The Morgan fingerprint density at radius 1 is 1.09 bits per heavy atom. The Bertz CT molecular complexity index is 920. The second kappa shape index (κ2) is 6.29. The van der Waals surface area contributed by atoms with Gasteiger partial charge in [-0.3, -0.25) is 9.36 Å². The molecule has 0 fully saturated rings. The van der Waals surface area contributed by atoms with Gasteiger partial charge >= 0.3 is 0 Å². The molecule has 0 unspecified atom stereocenters. The van der Waals surface area contributed by atoms with Crippen LogP contribution in [0.4, 0.5) is 0 Å². The molecule has 23 heavy (non-hydrogen) atoms. The molecule has 0 N–H and O–H groups in total. The molecule has 4 heteroatoms. The fraction of sp³-hybridized carbons (Fsp3) is 0.105. The number of aryl methyl sites for hydroxylation is 1. The fourth-order valence-electron chi connectivity index (χ4n) is 2.44. The minimum absolute atomic E-state index is 0.0827. The molecule has 2 aromatic carbocycles. The maximum absolute atomic E-state index is 12.4. The second-order valence-corrected chi connectivity index (χ2v) is 5.29. The van der Waals surface area contributed by atoms with Crippen molar-refractivity contribution in [1.82, 2.24) is 9.55 Å². The van der Waals surface area contributed by atoms with Gasteiger partial charge in [0, 0.05) is 11.6 Å². The summed E-state index contributed by atoms with van der Waals surface area (Å²) in [6.07, 6.45) is 0. The van der Waals surface area contributed by atoms with E-state index in [2.05, 4.69) is 11.1 Å². The Morgan fingerprint density at radius 2 is 1.78 bits per heavy atom. The minimum Gasteiger partial charge on any atom is -0.292 e. The van der Waals surface area contributed by atoms with Crippen molar-refractivity contribution in [1.29, 1.82) is 5.26 Å². The molecule has 0 amide bonds. The topological polar surface area (TPSA) is 58.7 Å². The number of benzene rings is 2. The van der Waals surface area contributed by atoms with Gasteiger partial charge in [0.2, 0.25) is 0 Å². The molecule has 0 aliphatic rings. The first-order chi connectivity index (χ1) is 11.2. The van der Waals surface area contributed by atoms with Gasteiger partial charge in [0.1, 0.15) is 5.82 Å². The van der Waals surface area contributed by atoms with E-state index in [0.29, 0.717) is 23.6 Å². The van der Waals surface area contributed by atoms with E-state index in [-0.39, 0.29) is 5.56 Å². The molecule has 1 aromatic heterocycles. The highest BCUT2D eigenvalue weighted by Crippen LogP contribution is 2.15. The number of hydrogen-bond acceptors (Lipinski definition) is 3. The van der Waals surface area contributed by atoms with Gasteiger partial charge in [-0.2, -0.15) is 5.26 Å². The summed E-state index contributed by atoms with van der Waals surface area (Å²) in [6.45, 7) is 2.27. The Hall–Kier alpha value is -3.19. The smallest absolute Gasteiger partial charge is 0.254 e. The Morgan fingerprint density at radius 3 is 2.39 bits per heavy atom. The van der Waals surface area contributed by atoms with Gasteiger partial charge in [0.15, 0.2) is 0 Å². The third-order valence-electron chi connectivity index (χ3n) is 3.69. The number of aromatic nitrogens is 2. The van der Waals surface area contributed by atoms with E-state index in [9.17, 15) is 4.79 Å². The molecular formula is C19H15N3O. The number of rotatable bonds is 3. The number of nitrogens with zero attached hydrogens (tertiary/aromatic N) is 3. The van der Waals surface area contributed by atoms with Crippen LogP contribution in [0.2, 0.25) is 0 Å². The van der Waals surface area contributed by atoms with E-state index in [1.807, 2.05) is 49.4 Å². The number of hydrogen-bond donors (Lipinski definition) is 0. The zero-order chi connectivity index (χ0) is 16.2. The van der Waals surface area contributed by atoms with Crippen LogP contribution >= 0.6 is 0 Å². The summed E-state index contributed by atoms with van der Waals surface area (Å²) in [4.78, 5) is 17.0. The Kier molecular flexibility index (Phi) is 4.03. The average molecular weight is 301 g/mol. The van der Waals surface area contributed by atoms with Gasteiger partial charge < -0.3 is 0 Å². The predicted octanol–water partition coefficient (Wildman–Crippen LogP) is 3.14. The van der Waals surface area contributed by atoms with Crippen LogP contribution in [0.5, 0.6) is 0 Å². The molecule has 4 nitrogen and oxygen atoms in total. The van der Waals surface area contributed by atoms with Crippen LogP contribution in [-0.2, 0) is 6.54 Å². The van der Waals surface area contributed by atoms with Crippen molar-refractivity contribution in [2.75, 3.05) is 0 Å². The van der Waals surface area contributed by atoms with Gasteiger partial charge in [0.05, 0.1) is 23.9 Å². The van der Waals surface area contributed by atoms with E-state index in [0.717, 1.165) is 11.1 Å². The Balaban J connectivity index is 1.94. The van der Waals surface area contributed by atoms with Crippen molar-refractivity contribution in [3.63, 3.8) is 0 Å². The minimum atomic E-state index is -0.0827. The van der Waals surface area contributed by atoms with Gasteiger partial charge in [-0.1, -0.05) is 42.5 Å². The first-order valence-corrected chi connectivity index (χ1v) is 7.30. The molecule has 3 rings (SSSR count). The molecule has 0 aliphatic heterocycles. The third-order valence-corrected chi connectivity index (χ3v) is 3.69. The zero-order valence-electron chi connectivity index (χ0n) is 12.7. The van der Waals surface area contributed by atoms with Gasteiger partial charge in [0.25, 0.3) is 5.56 Å². The first kappa shape index (κ1) is 14.7. The highest BCUT2D eigenvalue weighted by Gasteiger charge is 2.07. The molecule has 0 saturated heterocycles. The van der Waals surface area contributed by atoms with E-state index < -0.39 is 0 Å². The SMILES string of the molecule is Cc1nc(-c2ccccc2)cc(=O)n1Cc1ccc(C#N)cc1. The standard InChI is InChI=1S/C19H15N3O/c1-14-21-18(17-5-3-2-4-6-17)11-19(23)22(14)13-16-9-7-15(12-20)8-10-16/h2-11H,13H2,1H3. The van der Waals surface area contributed by atoms with Crippen LogP contribution < -0.4 is 5.56 Å². The van der Waals surface area contributed by atoms with Gasteiger partial charge in [-0.15, -0.1) is 0 Å². The molecule has 0 bridgehead atoms. The van der Waals surface area contributed by atoms with E-state index in [1.165, 1.54) is 0 Å². The lowest BCUT2D eigenvalue weighted by Gasteiger charge is -2.11. The normalized spacial score (nSPS) is 10.3. The van der Waals surface area contributed by atoms with Crippen LogP contribution in [0.1, 0.15) is 17.0 Å². The molecule has 0 saturated carbocycles. The molecule has 1 heterocycles. The zero-order valence-corrected chi connectivity index (χ0v) is 12.7. The van der Waals surface area contributed by atoms with Crippen LogP contribution in [0.3, 0.4) is 0 Å². The van der Waals surface area contributed by atoms with E-state index >= 15 is 0 Å². The Labute approximate surface area is 134 Å². The molecule has 0 radical (unpaired) electrons. The predicted molar refractivity (Wildman–Crippen MR) is 88.9 cm³/mol. The van der Waals surface area contributed by atoms with Crippen molar-refractivity contribution in [3.8, 4) is 17.3 Å². The van der Waals surface area contributed by atoms with Crippen molar-refractivity contribution < 1.29 is 0 Å². The van der Waals surface area contributed by atoms with Crippen LogP contribution in [-0.4, -0.2) is 9.55 Å². The average Bonchev–Trinajstić information content (AvgIpc) is 2.59. The van der Waals surface area contributed by atoms with Crippen molar-refractivity contribution >= 4 is 0 Å². The first-order valence-electron chi connectivity index (χ1n) is 7.30. The van der Waals surface area contributed by atoms with Crippen LogP contribution in [0.15, 0.2) is 65.5 Å². The molecule has 0 spiro atoms. The lowest BCUT2D eigenvalue weighted by molar-refractivity contribution is 0.702. The highest BCUT2D eigenvalue weighted by molar-refractivity contribution is 5.58. The van der Waals surface area contributed by atoms with Crippen molar-refractivity contribution in [2.24, 2.45) is 0 Å². The second-order valence-electron chi connectivity index (χ2n) is 5.29. The summed E-state index contributed by atoms with van der Waals surface area (Å²) in [5, 5.41) is 8.83. The summed E-state index contributed by atoms with van der Waals surface area (Å²) < 4.78 is 1.63. The maximum atomic E-state index is 12.4. The van der Waals surface area contributed by atoms with Crippen molar-refractivity contribution in [3.05, 3.63) is 88.0 Å². The largest absolute Gasteiger partial charge is 0.292 e. The molecule has 112 valence electrons. The molecule has 3 aromatic rings. The lowest BCUT2D eigenvalue weighted by Crippen LogP contribution is -2.23. The molecule has 0 atom stereocenters. The van der Waals surface area contributed by atoms with Crippen molar-refractivity contribution in [2.45, 2.75) is 13.5 Å². The maximum Gasteiger partial charge on any atom is 0.254 e. The lowest BCUT2D eigenvalue weighted by atomic mass is 10.1.